The summed E-state index contributed by atoms with van der Waals surface area (Å²) in [5, 5.41) is 8.92. The van der Waals surface area contributed by atoms with E-state index in [-0.39, 0.29) is 30.7 Å². The van der Waals surface area contributed by atoms with Gasteiger partial charge < -0.3 is 10.0 Å². The second-order valence-corrected chi connectivity index (χ2v) is 4.95. The van der Waals surface area contributed by atoms with Crippen molar-refractivity contribution in [2.75, 3.05) is 13.1 Å². The second-order valence-electron chi connectivity index (χ2n) is 4.95. The van der Waals surface area contributed by atoms with Crippen molar-refractivity contribution in [2.24, 2.45) is 5.92 Å². The number of aliphatic carboxylic acids is 1. The summed E-state index contributed by atoms with van der Waals surface area (Å²) < 4.78 is 12.8. The number of amides is 1. The Balaban J connectivity index is 0.00000220. The lowest BCUT2D eigenvalue weighted by atomic mass is 10.1. The number of carbonyl (C=O) groups is 2. The molecule has 1 aromatic rings. The molecule has 1 atom stereocenters. The van der Waals surface area contributed by atoms with Crippen molar-refractivity contribution >= 4 is 30.4 Å². The van der Waals surface area contributed by atoms with Crippen LogP contribution in [0.1, 0.15) is 18.9 Å². The van der Waals surface area contributed by atoms with Gasteiger partial charge in [0.05, 0.1) is 5.92 Å². The van der Waals surface area contributed by atoms with Crippen LogP contribution in [0.5, 0.6) is 0 Å². The third-order valence-corrected chi connectivity index (χ3v) is 3.42. The summed E-state index contributed by atoms with van der Waals surface area (Å²) in [6, 6.07) is 5.85. The quantitative estimate of drug-likeness (QED) is 0.873. The zero-order valence-corrected chi connectivity index (χ0v) is 12.4. The first kappa shape index (κ1) is 17.2. The fraction of sp³-hybridized carbons (Fsp3) is 0.333. The fourth-order valence-electron chi connectivity index (χ4n) is 2.27. The molecular formula is C15H17ClFNO3. The summed E-state index contributed by atoms with van der Waals surface area (Å²) in [6.45, 7) is 2.40. The highest BCUT2D eigenvalue weighted by Gasteiger charge is 2.31. The number of hydrogen-bond acceptors (Lipinski definition) is 2. The van der Waals surface area contributed by atoms with Crippen molar-refractivity contribution in [3.63, 3.8) is 0 Å². The van der Waals surface area contributed by atoms with Crippen LogP contribution >= 0.6 is 12.4 Å². The van der Waals surface area contributed by atoms with E-state index in [1.165, 1.54) is 12.1 Å². The number of carboxylic acids is 1. The molecule has 0 radical (unpaired) electrons. The highest BCUT2D eigenvalue weighted by atomic mass is 35.5. The van der Waals surface area contributed by atoms with E-state index >= 15 is 0 Å². The van der Waals surface area contributed by atoms with E-state index < -0.39 is 11.9 Å². The van der Waals surface area contributed by atoms with Gasteiger partial charge in [-0.1, -0.05) is 12.1 Å². The molecule has 0 bridgehead atoms. The number of rotatable bonds is 3. The lowest BCUT2D eigenvalue weighted by Gasteiger charge is -2.16. The number of nitrogens with zero attached hydrogens (tertiary/aromatic N) is 1. The van der Waals surface area contributed by atoms with Gasteiger partial charge >= 0.3 is 5.97 Å². The zero-order chi connectivity index (χ0) is 14.7. The maximum Gasteiger partial charge on any atom is 0.308 e. The molecule has 1 aliphatic rings. The molecular weight excluding hydrogens is 297 g/mol. The van der Waals surface area contributed by atoms with Crippen LogP contribution in [0, 0.1) is 11.7 Å². The average molecular weight is 314 g/mol. The molecule has 4 nitrogen and oxygen atoms in total. The minimum Gasteiger partial charge on any atom is -0.481 e. The van der Waals surface area contributed by atoms with E-state index in [2.05, 4.69) is 0 Å². The smallest absolute Gasteiger partial charge is 0.308 e. The number of benzene rings is 1. The highest BCUT2D eigenvalue weighted by molar-refractivity contribution is 5.97. The zero-order valence-electron chi connectivity index (χ0n) is 11.6. The topological polar surface area (TPSA) is 57.6 Å². The third-order valence-electron chi connectivity index (χ3n) is 3.42. The van der Waals surface area contributed by atoms with E-state index in [0.29, 0.717) is 18.5 Å². The Labute approximate surface area is 128 Å². The molecule has 0 aromatic heterocycles. The van der Waals surface area contributed by atoms with E-state index in [4.69, 9.17) is 5.11 Å². The number of hydrogen-bond donors (Lipinski definition) is 1. The first-order chi connectivity index (χ1) is 9.47. The number of likely N-dealkylation sites (tertiary alicyclic amines) is 1. The van der Waals surface area contributed by atoms with E-state index in [1.807, 2.05) is 0 Å². The Morgan fingerprint density at radius 3 is 2.48 bits per heavy atom. The van der Waals surface area contributed by atoms with Gasteiger partial charge in [-0.15, -0.1) is 12.4 Å². The van der Waals surface area contributed by atoms with Gasteiger partial charge in [0.1, 0.15) is 5.82 Å². The normalized spacial score (nSPS) is 18.3. The fourth-order valence-corrected chi connectivity index (χ4v) is 2.27. The standard InChI is InChI=1S/C15H16FNO3.ClH/c1-10(8-11-2-4-13(16)5-3-11)14(18)17-7-6-12(9-17)15(19)20;/h2-5,8,12H,6-7,9H2,1H3,(H,19,20);1H/b10-8-;. The van der Waals surface area contributed by atoms with Crippen molar-refractivity contribution in [3.8, 4) is 0 Å². The van der Waals surface area contributed by atoms with E-state index in [9.17, 15) is 14.0 Å². The van der Waals surface area contributed by atoms with Crippen molar-refractivity contribution in [3.05, 3.63) is 41.2 Å². The van der Waals surface area contributed by atoms with Gasteiger partial charge in [-0.05, 0) is 37.1 Å². The van der Waals surface area contributed by atoms with Gasteiger partial charge in [0.25, 0.3) is 0 Å². The van der Waals surface area contributed by atoms with Gasteiger partial charge in [0.15, 0.2) is 0 Å². The van der Waals surface area contributed by atoms with Crippen LogP contribution in [-0.2, 0) is 9.59 Å². The lowest BCUT2D eigenvalue weighted by Crippen LogP contribution is -2.30. The van der Waals surface area contributed by atoms with Gasteiger partial charge in [-0.2, -0.15) is 0 Å². The minimum absolute atomic E-state index is 0. The molecule has 114 valence electrons. The molecule has 1 N–H and O–H groups in total. The molecule has 1 amide bonds. The monoisotopic (exact) mass is 313 g/mol. The van der Waals surface area contributed by atoms with E-state index in [1.54, 1.807) is 30.0 Å². The Bertz CT molecular complexity index is 557. The molecule has 0 aliphatic carbocycles. The molecule has 1 aliphatic heterocycles. The molecule has 1 saturated heterocycles. The first-order valence-electron chi connectivity index (χ1n) is 6.43. The van der Waals surface area contributed by atoms with Crippen LogP contribution < -0.4 is 0 Å². The van der Waals surface area contributed by atoms with Crippen LogP contribution in [0.25, 0.3) is 6.08 Å². The molecule has 21 heavy (non-hydrogen) atoms. The first-order valence-corrected chi connectivity index (χ1v) is 6.43. The van der Waals surface area contributed by atoms with Crippen LogP contribution in [0.4, 0.5) is 4.39 Å². The molecule has 1 heterocycles. The lowest BCUT2D eigenvalue weighted by molar-refractivity contribution is -0.141. The van der Waals surface area contributed by atoms with Crippen LogP contribution in [-0.4, -0.2) is 35.0 Å². The molecule has 2 rings (SSSR count). The Morgan fingerprint density at radius 1 is 1.33 bits per heavy atom. The summed E-state index contributed by atoms with van der Waals surface area (Å²) in [5.41, 5.74) is 1.26. The van der Waals surface area contributed by atoms with Crippen molar-refractivity contribution in [2.45, 2.75) is 13.3 Å². The van der Waals surface area contributed by atoms with Gasteiger partial charge in [0.2, 0.25) is 5.91 Å². The number of carbonyl (C=O) groups excluding carboxylic acids is 1. The maximum atomic E-state index is 12.8. The maximum absolute atomic E-state index is 12.8. The summed E-state index contributed by atoms with van der Waals surface area (Å²) in [6.07, 6.45) is 2.17. The molecule has 1 fully saturated rings. The molecule has 1 aromatic carbocycles. The minimum atomic E-state index is -0.861. The second kappa shape index (κ2) is 7.22. The predicted molar refractivity (Wildman–Crippen MR) is 79.6 cm³/mol. The molecule has 6 heteroatoms. The van der Waals surface area contributed by atoms with Gasteiger partial charge in [-0.25, -0.2) is 4.39 Å². The third kappa shape index (κ3) is 4.29. The number of carboxylic acid groups (broad SMARTS) is 1. The van der Waals surface area contributed by atoms with Gasteiger partial charge in [-0.3, -0.25) is 9.59 Å². The summed E-state index contributed by atoms with van der Waals surface area (Å²) >= 11 is 0. The highest BCUT2D eigenvalue weighted by Crippen LogP contribution is 2.19. The van der Waals surface area contributed by atoms with Crippen LogP contribution in [0.3, 0.4) is 0 Å². The predicted octanol–water partition coefficient (Wildman–Crippen LogP) is 2.58. The summed E-state index contributed by atoms with van der Waals surface area (Å²) in [5.74, 6) is -1.83. The Hall–Kier alpha value is -1.88. The average Bonchev–Trinajstić information content (AvgIpc) is 2.90. The van der Waals surface area contributed by atoms with E-state index in [0.717, 1.165) is 5.56 Å². The SMILES string of the molecule is C/C(=C/c1ccc(F)cc1)C(=O)N1CCC(C(=O)O)C1.Cl. The largest absolute Gasteiger partial charge is 0.481 e. The van der Waals surface area contributed by atoms with Gasteiger partial charge in [0, 0.05) is 18.7 Å². The summed E-state index contributed by atoms with van der Waals surface area (Å²) in [4.78, 5) is 24.6. The summed E-state index contributed by atoms with van der Waals surface area (Å²) in [7, 11) is 0. The van der Waals surface area contributed by atoms with Crippen LogP contribution in [0.2, 0.25) is 0 Å². The Kier molecular flexibility index (Phi) is 5.90. The van der Waals surface area contributed by atoms with Crippen molar-refractivity contribution in [1.82, 2.24) is 4.90 Å². The van der Waals surface area contributed by atoms with Crippen molar-refractivity contribution < 1.29 is 19.1 Å². The van der Waals surface area contributed by atoms with Crippen LogP contribution in [0.15, 0.2) is 29.8 Å². The Morgan fingerprint density at radius 2 is 1.95 bits per heavy atom. The molecule has 1 unspecified atom stereocenters. The number of halogens is 2. The molecule has 0 spiro atoms. The molecule has 0 saturated carbocycles. The van der Waals surface area contributed by atoms with Crippen molar-refractivity contribution in [1.29, 1.82) is 0 Å².